The van der Waals surface area contributed by atoms with Crippen LogP contribution in [0, 0.1) is 11.6 Å². The highest BCUT2D eigenvalue weighted by molar-refractivity contribution is 7.92. The minimum Gasteiger partial charge on any atom is -0.373 e. The maximum absolute atomic E-state index is 14.0. The van der Waals surface area contributed by atoms with Crippen molar-refractivity contribution >= 4 is 21.4 Å². The second kappa shape index (κ2) is 5.81. The highest BCUT2D eigenvalue weighted by Crippen LogP contribution is 2.36. The third-order valence-corrected chi connectivity index (χ3v) is 5.72. The molecule has 3 rings (SSSR count). The van der Waals surface area contributed by atoms with Gasteiger partial charge in [-0.25, -0.2) is 17.2 Å². The summed E-state index contributed by atoms with van der Waals surface area (Å²) in [6, 6.07) is 9.22. The van der Waals surface area contributed by atoms with Crippen molar-refractivity contribution in [2.75, 3.05) is 29.3 Å². The van der Waals surface area contributed by atoms with Gasteiger partial charge in [0, 0.05) is 26.2 Å². The van der Waals surface area contributed by atoms with Crippen LogP contribution in [0.3, 0.4) is 0 Å². The van der Waals surface area contributed by atoms with E-state index < -0.39 is 26.6 Å². The number of hydrogen-bond donors (Lipinski definition) is 0. The van der Waals surface area contributed by atoms with Crippen LogP contribution in [0.15, 0.2) is 47.4 Å². The first-order valence-electron chi connectivity index (χ1n) is 7.19. The Balaban J connectivity index is 2.18. The maximum atomic E-state index is 14.0. The summed E-state index contributed by atoms with van der Waals surface area (Å²) < 4.78 is 54.5. The van der Waals surface area contributed by atoms with Gasteiger partial charge in [0.05, 0.1) is 11.4 Å². The van der Waals surface area contributed by atoms with Gasteiger partial charge in [-0.05, 0) is 30.7 Å². The van der Waals surface area contributed by atoms with Gasteiger partial charge >= 0.3 is 0 Å². The normalized spacial score (nSPS) is 15.3. The predicted molar refractivity (Wildman–Crippen MR) is 85.2 cm³/mol. The van der Waals surface area contributed by atoms with Crippen molar-refractivity contribution in [1.82, 2.24) is 0 Å². The lowest BCUT2D eigenvalue weighted by atomic mass is 10.2. The molecule has 7 heteroatoms. The van der Waals surface area contributed by atoms with Gasteiger partial charge in [-0.1, -0.05) is 12.1 Å². The van der Waals surface area contributed by atoms with Crippen molar-refractivity contribution in [3.63, 3.8) is 0 Å². The van der Waals surface area contributed by atoms with Crippen molar-refractivity contribution in [3.8, 4) is 0 Å². The van der Waals surface area contributed by atoms with Gasteiger partial charge in [0.25, 0.3) is 10.0 Å². The van der Waals surface area contributed by atoms with Crippen LogP contribution in [0.5, 0.6) is 0 Å². The molecular weight excluding hydrogens is 322 g/mol. The Labute approximate surface area is 134 Å². The molecule has 0 bridgehead atoms. The summed E-state index contributed by atoms with van der Waals surface area (Å²) >= 11 is 0. The minimum atomic E-state index is -4.10. The lowest BCUT2D eigenvalue weighted by Gasteiger charge is -2.25. The topological polar surface area (TPSA) is 40.6 Å². The highest BCUT2D eigenvalue weighted by Gasteiger charge is 2.31. The van der Waals surface area contributed by atoms with Gasteiger partial charge in [0.1, 0.15) is 16.5 Å². The molecule has 2 aromatic carbocycles. The maximum Gasteiger partial charge on any atom is 0.267 e. The van der Waals surface area contributed by atoms with Gasteiger partial charge in [-0.15, -0.1) is 0 Å². The fourth-order valence-corrected chi connectivity index (χ4v) is 4.31. The average Bonchev–Trinajstić information content (AvgIpc) is 2.67. The Hall–Kier alpha value is -2.15. The molecule has 0 fully saturated rings. The average molecular weight is 338 g/mol. The van der Waals surface area contributed by atoms with E-state index in [1.54, 1.807) is 6.07 Å². The van der Waals surface area contributed by atoms with Crippen LogP contribution in [0.4, 0.5) is 20.2 Å². The second-order valence-corrected chi connectivity index (χ2v) is 7.25. The third kappa shape index (κ3) is 2.76. The largest absolute Gasteiger partial charge is 0.373 e. The molecule has 0 atom stereocenters. The fourth-order valence-electron chi connectivity index (χ4n) is 2.73. The Morgan fingerprint density at radius 3 is 2.48 bits per heavy atom. The first-order valence-corrected chi connectivity index (χ1v) is 8.63. The molecule has 1 heterocycles. The molecule has 0 saturated carbocycles. The number of hydrogen-bond acceptors (Lipinski definition) is 3. The molecule has 1 aliphatic rings. The third-order valence-electron chi connectivity index (χ3n) is 3.88. The van der Waals surface area contributed by atoms with E-state index in [9.17, 15) is 17.2 Å². The number of sulfonamides is 1. The molecule has 1 aliphatic heterocycles. The summed E-state index contributed by atoms with van der Waals surface area (Å²) in [7, 11) is -2.29. The second-order valence-electron chi connectivity index (χ2n) is 5.42. The van der Waals surface area contributed by atoms with E-state index in [0.717, 1.165) is 10.4 Å². The van der Waals surface area contributed by atoms with E-state index >= 15 is 0 Å². The van der Waals surface area contributed by atoms with Gasteiger partial charge in [-0.3, -0.25) is 4.31 Å². The quantitative estimate of drug-likeness (QED) is 0.845. The predicted octanol–water partition coefficient (Wildman–Crippen LogP) is 3.00. The SMILES string of the molecule is CN1CCCN(S(=O)(=O)c2ccccc2F)c2cc(F)ccc21. The molecular formula is C16H16F2N2O2S. The van der Waals surface area contributed by atoms with Gasteiger partial charge in [0.2, 0.25) is 0 Å². The Morgan fingerprint density at radius 2 is 1.74 bits per heavy atom. The number of nitrogens with zero attached hydrogens (tertiary/aromatic N) is 2. The molecule has 0 spiro atoms. The fraction of sp³-hybridized carbons (Fsp3) is 0.250. The number of benzene rings is 2. The number of halogens is 2. The summed E-state index contributed by atoms with van der Waals surface area (Å²) in [6.07, 6.45) is 0.556. The summed E-state index contributed by atoms with van der Waals surface area (Å²) in [5, 5.41) is 0. The van der Waals surface area contributed by atoms with E-state index in [4.69, 9.17) is 0 Å². The molecule has 4 nitrogen and oxygen atoms in total. The van der Waals surface area contributed by atoms with Gasteiger partial charge in [-0.2, -0.15) is 0 Å². The van der Waals surface area contributed by atoms with Gasteiger partial charge in [0.15, 0.2) is 0 Å². The minimum absolute atomic E-state index is 0.164. The summed E-state index contributed by atoms with van der Waals surface area (Å²) in [5.41, 5.74) is 0.831. The van der Waals surface area contributed by atoms with Crippen molar-refractivity contribution in [3.05, 3.63) is 54.1 Å². The zero-order chi connectivity index (χ0) is 16.6. The lowest BCUT2D eigenvalue weighted by molar-refractivity contribution is 0.563. The standard InChI is InChI=1S/C16H16F2N2O2S/c1-19-9-4-10-20(15-11-12(17)7-8-14(15)19)23(21,22)16-6-3-2-5-13(16)18/h2-3,5-8,11H,4,9-10H2,1H3. The van der Waals surface area contributed by atoms with Crippen molar-refractivity contribution in [2.45, 2.75) is 11.3 Å². The zero-order valence-corrected chi connectivity index (χ0v) is 13.4. The molecule has 0 aromatic heterocycles. The van der Waals surface area contributed by atoms with E-state index in [-0.39, 0.29) is 12.2 Å². The Morgan fingerprint density at radius 1 is 1.00 bits per heavy atom. The molecule has 122 valence electrons. The Kier molecular flexibility index (Phi) is 3.97. The highest BCUT2D eigenvalue weighted by atomic mass is 32.2. The zero-order valence-electron chi connectivity index (χ0n) is 12.5. The van der Waals surface area contributed by atoms with Crippen LogP contribution in [-0.2, 0) is 10.0 Å². The summed E-state index contributed by atoms with van der Waals surface area (Å²) in [4.78, 5) is 1.46. The molecule has 0 amide bonds. The van der Waals surface area contributed by atoms with Crippen molar-refractivity contribution in [1.29, 1.82) is 0 Å². The van der Waals surface area contributed by atoms with E-state index in [0.29, 0.717) is 18.7 Å². The van der Waals surface area contributed by atoms with Crippen LogP contribution in [0.25, 0.3) is 0 Å². The van der Waals surface area contributed by atoms with Crippen molar-refractivity contribution in [2.24, 2.45) is 0 Å². The van der Waals surface area contributed by atoms with Crippen LogP contribution < -0.4 is 9.21 Å². The van der Waals surface area contributed by atoms with E-state index in [1.165, 1.54) is 30.3 Å². The molecule has 0 radical (unpaired) electrons. The first-order chi connectivity index (χ1) is 10.9. The molecule has 23 heavy (non-hydrogen) atoms. The smallest absolute Gasteiger partial charge is 0.267 e. The van der Waals surface area contributed by atoms with Crippen molar-refractivity contribution < 1.29 is 17.2 Å². The Bertz CT molecular complexity index is 840. The van der Waals surface area contributed by atoms with E-state index in [1.807, 2.05) is 11.9 Å². The monoisotopic (exact) mass is 338 g/mol. The lowest BCUT2D eigenvalue weighted by Crippen LogP contribution is -2.32. The van der Waals surface area contributed by atoms with Crippen LogP contribution in [0.2, 0.25) is 0 Å². The molecule has 0 aliphatic carbocycles. The van der Waals surface area contributed by atoms with Crippen LogP contribution in [0.1, 0.15) is 6.42 Å². The number of anilines is 2. The molecule has 0 saturated heterocycles. The molecule has 0 unspecified atom stereocenters. The molecule has 0 N–H and O–H groups in total. The number of rotatable bonds is 2. The van der Waals surface area contributed by atoms with Crippen LogP contribution in [-0.4, -0.2) is 28.6 Å². The summed E-state index contributed by atoms with van der Waals surface area (Å²) in [6.45, 7) is 0.791. The van der Waals surface area contributed by atoms with Gasteiger partial charge < -0.3 is 4.90 Å². The summed E-state index contributed by atoms with van der Waals surface area (Å²) in [5.74, 6) is -1.35. The molecule has 2 aromatic rings. The van der Waals surface area contributed by atoms with E-state index in [2.05, 4.69) is 0 Å². The van der Waals surface area contributed by atoms with Crippen LogP contribution >= 0.6 is 0 Å². The first kappa shape index (κ1) is 15.7. The number of fused-ring (bicyclic) bond motifs is 1.